The van der Waals surface area contributed by atoms with Gasteiger partial charge in [0, 0.05) is 18.5 Å². The first-order chi connectivity index (χ1) is 11.1. The quantitative estimate of drug-likeness (QED) is 0.841. The van der Waals surface area contributed by atoms with E-state index in [1.165, 1.54) is 0 Å². The van der Waals surface area contributed by atoms with Crippen molar-refractivity contribution in [3.63, 3.8) is 0 Å². The molecule has 0 saturated carbocycles. The number of sulfonamides is 1. The Morgan fingerprint density at radius 3 is 2.71 bits per heavy atom. The van der Waals surface area contributed by atoms with Crippen LogP contribution in [0.3, 0.4) is 0 Å². The number of fused-ring (bicyclic) bond motifs is 1. The van der Waals surface area contributed by atoms with Crippen LogP contribution in [0, 0.1) is 5.92 Å². The summed E-state index contributed by atoms with van der Waals surface area (Å²) in [4.78, 5) is 0. The van der Waals surface area contributed by atoms with Crippen molar-refractivity contribution in [1.29, 1.82) is 0 Å². The zero-order valence-electron chi connectivity index (χ0n) is 13.8. The molecular weight excluding hydrogens is 350 g/mol. The van der Waals surface area contributed by atoms with Crippen LogP contribution in [0.25, 0.3) is 11.0 Å². The fourth-order valence-corrected chi connectivity index (χ4v) is 4.55. The van der Waals surface area contributed by atoms with E-state index in [0.717, 1.165) is 31.3 Å². The highest BCUT2D eigenvalue weighted by molar-refractivity contribution is 7.88. The molecule has 3 rings (SSSR count). The second-order valence-electron chi connectivity index (χ2n) is 6.03. The molecule has 2 heterocycles. The molecule has 1 aliphatic heterocycles. The molecule has 0 atom stereocenters. The van der Waals surface area contributed by atoms with E-state index in [2.05, 4.69) is 17.4 Å². The van der Waals surface area contributed by atoms with E-state index in [4.69, 9.17) is 4.52 Å². The van der Waals surface area contributed by atoms with Crippen LogP contribution in [-0.2, 0) is 15.8 Å². The van der Waals surface area contributed by atoms with Gasteiger partial charge >= 0.3 is 0 Å². The Morgan fingerprint density at radius 2 is 2.00 bits per heavy atom. The van der Waals surface area contributed by atoms with Gasteiger partial charge in [-0.25, -0.2) is 12.7 Å². The molecular formula is C16H24ClN3O3S. The third-order valence-corrected chi connectivity index (χ3v) is 6.21. The maximum atomic E-state index is 12.6. The molecule has 1 saturated heterocycles. The van der Waals surface area contributed by atoms with Gasteiger partial charge in [-0.2, -0.15) is 0 Å². The Bertz CT molecular complexity index is 755. The average molecular weight is 374 g/mol. The number of halogens is 1. The van der Waals surface area contributed by atoms with Crippen LogP contribution in [0.5, 0.6) is 0 Å². The number of rotatable bonds is 6. The summed E-state index contributed by atoms with van der Waals surface area (Å²) in [5.74, 6) is 0.469. The Morgan fingerprint density at radius 1 is 1.29 bits per heavy atom. The van der Waals surface area contributed by atoms with E-state index in [0.29, 0.717) is 30.3 Å². The lowest BCUT2D eigenvalue weighted by Gasteiger charge is -2.31. The van der Waals surface area contributed by atoms with Gasteiger partial charge in [0.1, 0.15) is 11.4 Å². The Kier molecular flexibility index (Phi) is 6.62. The molecule has 1 aliphatic rings. The summed E-state index contributed by atoms with van der Waals surface area (Å²) in [5, 5.41) is 8.05. The van der Waals surface area contributed by atoms with Crippen LogP contribution >= 0.6 is 12.4 Å². The highest BCUT2D eigenvalue weighted by Gasteiger charge is 2.29. The van der Waals surface area contributed by atoms with Crippen molar-refractivity contribution in [2.45, 2.75) is 25.5 Å². The molecule has 0 aliphatic carbocycles. The van der Waals surface area contributed by atoms with Crippen molar-refractivity contribution in [3.8, 4) is 0 Å². The normalized spacial score (nSPS) is 17.0. The summed E-state index contributed by atoms with van der Waals surface area (Å²) in [6.45, 7) is 5.19. The zero-order chi connectivity index (χ0) is 16.3. The minimum Gasteiger partial charge on any atom is -0.356 e. The van der Waals surface area contributed by atoms with Crippen molar-refractivity contribution in [2.75, 3.05) is 26.2 Å². The molecule has 1 aromatic heterocycles. The average Bonchev–Trinajstić information content (AvgIpc) is 2.96. The SMILES string of the molecule is CCNCC1CCN(S(=O)(=O)Cc2noc3ccccc23)CC1.Cl. The third kappa shape index (κ3) is 4.27. The minimum atomic E-state index is -3.35. The molecule has 0 bridgehead atoms. The first-order valence-electron chi connectivity index (χ1n) is 8.12. The van der Waals surface area contributed by atoms with Crippen molar-refractivity contribution < 1.29 is 12.9 Å². The minimum absolute atomic E-state index is 0. The standard InChI is InChI=1S/C16H23N3O3S.ClH/c1-2-17-11-13-7-9-19(10-8-13)23(20,21)12-15-14-5-3-4-6-16(14)22-18-15;/h3-6,13,17H,2,7-12H2,1H3;1H. The number of nitrogens with one attached hydrogen (secondary N) is 1. The first kappa shape index (κ1) is 19.2. The fourth-order valence-electron chi connectivity index (χ4n) is 3.05. The first-order valence-corrected chi connectivity index (χ1v) is 9.73. The molecule has 0 radical (unpaired) electrons. The highest BCUT2D eigenvalue weighted by atomic mass is 35.5. The van der Waals surface area contributed by atoms with Gasteiger partial charge in [-0.3, -0.25) is 0 Å². The molecule has 0 spiro atoms. The van der Waals surface area contributed by atoms with Crippen molar-refractivity contribution >= 4 is 33.4 Å². The lowest BCUT2D eigenvalue weighted by molar-refractivity contribution is 0.268. The van der Waals surface area contributed by atoms with Crippen LogP contribution in [0.2, 0.25) is 0 Å². The molecule has 2 aromatic rings. The summed E-state index contributed by atoms with van der Waals surface area (Å²) in [7, 11) is -3.35. The van der Waals surface area contributed by atoms with Crippen LogP contribution < -0.4 is 5.32 Å². The molecule has 0 unspecified atom stereocenters. The number of nitrogens with zero attached hydrogens (tertiary/aromatic N) is 2. The maximum Gasteiger partial charge on any atom is 0.220 e. The number of aromatic nitrogens is 1. The van der Waals surface area contributed by atoms with Gasteiger partial charge in [0.05, 0.1) is 0 Å². The van der Waals surface area contributed by atoms with E-state index in [-0.39, 0.29) is 18.2 Å². The Balaban J connectivity index is 0.00000208. The molecule has 24 heavy (non-hydrogen) atoms. The summed E-state index contributed by atoms with van der Waals surface area (Å²) in [6, 6.07) is 7.35. The second kappa shape index (κ2) is 8.29. The summed E-state index contributed by atoms with van der Waals surface area (Å²) >= 11 is 0. The summed E-state index contributed by atoms with van der Waals surface area (Å²) in [5.41, 5.74) is 1.12. The van der Waals surface area contributed by atoms with Gasteiger partial charge in [0.2, 0.25) is 10.0 Å². The number of hydrogen-bond donors (Lipinski definition) is 1. The predicted octanol–water partition coefficient (Wildman–Crippen LogP) is 2.40. The smallest absolute Gasteiger partial charge is 0.220 e. The molecule has 0 amide bonds. The summed E-state index contributed by atoms with van der Waals surface area (Å²) < 4.78 is 32.1. The second-order valence-corrected chi connectivity index (χ2v) is 8.00. The number of hydrogen-bond acceptors (Lipinski definition) is 5. The molecule has 8 heteroatoms. The fraction of sp³-hybridized carbons (Fsp3) is 0.562. The van der Waals surface area contributed by atoms with Crippen molar-refractivity contribution in [2.24, 2.45) is 5.92 Å². The number of para-hydroxylation sites is 1. The summed E-state index contributed by atoms with van der Waals surface area (Å²) in [6.07, 6.45) is 1.82. The van der Waals surface area contributed by atoms with Gasteiger partial charge in [-0.15, -0.1) is 12.4 Å². The van der Waals surface area contributed by atoms with E-state index in [9.17, 15) is 8.42 Å². The van der Waals surface area contributed by atoms with Crippen LogP contribution in [0.4, 0.5) is 0 Å². The molecule has 134 valence electrons. The van der Waals surface area contributed by atoms with Gasteiger partial charge < -0.3 is 9.84 Å². The van der Waals surface area contributed by atoms with E-state index in [1.807, 2.05) is 18.2 Å². The maximum absolute atomic E-state index is 12.6. The number of benzene rings is 1. The molecule has 1 N–H and O–H groups in total. The zero-order valence-corrected chi connectivity index (χ0v) is 15.4. The van der Waals surface area contributed by atoms with Crippen molar-refractivity contribution in [1.82, 2.24) is 14.8 Å². The number of piperidine rings is 1. The lowest BCUT2D eigenvalue weighted by atomic mass is 9.98. The van der Waals surface area contributed by atoms with E-state index < -0.39 is 10.0 Å². The largest absolute Gasteiger partial charge is 0.356 e. The Hall–Kier alpha value is -1.15. The lowest BCUT2D eigenvalue weighted by Crippen LogP contribution is -2.41. The van der Waals surface area contributed by atoms with Crippen LogP contribution in [-0.4, -0.2) is 44.1 Å². The van der Waals surface area contributed by atoms with Gasteiger partial charge in [-0.1, -0.05) is 24.2 Å². The highest BCUT2D eigenvalue weighted by Crippen LogP contribution is 2.24. The van der Waals surface area contributed by atoms with Gasteiger partial charge in [-0.05, 0) is 44.0 Å². The molecule has 6 nitrogen and oxygen atoms in total. The van der Waals surface area contributed by atoms with Gasteiger partial charge in [0.15, 0.2) is 5.58 Å². The van der Waals surface area contributed by atoms with E-state index in [1.54, 1.807) is 10.4 Å². The molecule has 1 aromatic carbocycles. The Labute approximate surface area is 149 Å². The topological polar surface area (TPSA) is 75.4 Å². The third-order valence-electron chi connectivity index (χ3n) is 4.42. The van der Waals surface area contributed by atoms with Crippen molar-refractivity contribution in [3.05, 3.63) is 30.0 Å². The molecule has 1 fully saturated rings. The van der Waals surface area contributed by atoms with E-state index >= 15 is 0 Å². The van der Waals surface area contributed by atoms with Gasteiger partial charge in [0.25, 0.3) is 0 Å². The van der Waals surface area contributed by atoms with Crippen LogP contribution in [0.15, 0.2) is 28.8 Å². The predicted molar refractivity (Wildman–Crippen MR) is 96.7 cm³/mol. The van der Waals surface area contributed by atoms with Crippen LogP contribution in [0.1, 0.15) is 25.5 Å². The monoisotopic (exact) mass is 373 g/mol.